The summed E-state index contributed by atoms with van der Waals surface area (Å²) in [4.78, 5) is 12.8. The molecule has 3 heteroatoms. The number of nitriles is 1. The van der Waals surface area contributed by atoms with Crippen molar-refractivity contribution in [3.63, 3.8) is 0 Å². The van der Waals surface area contributed by atoms with Crippen molar-refractivity contribution < 1.29 is 9.53 Å². The number of benzene rings is 2. The van der Waals surface area contributed by atoms with Crippen LogP contribution in [0, 0.1) is 23.2 Å². The summed E-state index contributed by atoms with van der Waals surface area (Å²) in [7, 11) is 0. The number of hydrogen-bond donors (Lipinski definition) is 0. The Morgan fingerprint density at radius 3 is 2.33 bits per heavy atom. The van der Waals surface area contributed by atoms with Gasteiger partial charge in [0.15, 0.2) is 0 Å². The van der Waals surface area contributed by atoms with E-state index in [0.29, 0.717) is 22.8 Å². The average molecular weight is 488 g/mol. The van der Waals surface area contributed by atoms with Crippen LogP contribution in [0.5, 0.6) is 5.75 Å². The number of esters is 1. The lowest BCUT2D eigenvalue weighted by Gasteiger charge is -2.31. The second kappa shape index (κ2) is 14.8. The first-order valence-electron chi connectivity index (χ1n) is 14.4. The van der Waals surface area contributed by atoms with Gasteiger partial charge < -0.3 is 4.74 Å². The largest absolute Gasteiger partial charge is 0.422 e. The molecule has 0 radical (unpaired) electrons. The minimum absolute atomic E-state index is 0.341. The van der Waals surface area contributed by atoms with Crippen LogP contribution < -0.4 is 4.74 Å². The first-order valence-corrected chi connectivity index (χ1v) is 14.4. The average Bonchev–Trinajstić information content (AvgIpc) is 2.92. The molecule has 0 amide bonds. The minimum atomic E-state index is -0.404. The van der Waals surface area contributed by atoms with Gasteiger partial charge in [-0.3, -0.25) is 0 Å². The lowest BCUT2D eigenvalue weighted by Crippen LogP contribution is -2.17. The smallest absolute Gasteiger partial charge is 0.343 e. The van der Waals surface area contributed by atoms with Gasteiger partial charge in [-0.15, -0.1) is 0 Å². The highest BCUT2D eigenvalue weighted by atomic mass is 16.5. The molecule has 0 bridgehead atoms. The molecule has 194 valence electrons. The zero-order valence-electron chi connectivity index (χ0n) is 22.7. The molecule has 3 nitrogen and oxygen atoms in total. The monoisotopic (exact) mass is 487 g/mol. The van der Waals surface area contributed by atoms with Crippen molar-refractivity contribution in [1.82, 2.24) is 0 Å². The molecule has 1 saturated carbocycles. The molecule has 0 spiro atoms. The molecule has 2 aromatic carbocycles. The van der Waals surface area contributed by atoms with Crippen molar-refractivity contribution in [3.8, 4) is 11.8 Å². The van der Waals surface area contributed by atoms with E-state index in [2.05, 4.69) is 39.0 Å². The van der Waals surface area contributed by atoms with Gasteiger partial charge in [-0.05, 0) is 98.1 Å². The van der Waals surface area contributed by atoms with Gasteiger partial charge in [0.1, 0.15) is 11.8 Å². The van der Waals surface area contributed by atoms with Gasteiger partial charge in [0, 0.05) is 0 Å². The van der Waals surface area contributed by atoms with Gasteiger partial charge >= 0.3 is 5.97 Å². The molecule has 0 saturated heterocycles. The summed E-state index contributed by atoms with van der Waals surface area (Å²) in [5.41, 5.74) is 3.40. The molecular formula is C33H45NO2. The number of unbranched alkanes of at least 4 members (excludes halogenated alkanes) is 3. The predicted octanol–water partition coefficient (Wildman–Crippen LogP) is 9.39. The molecular weight excluding hydrogens is 442 g/mol. The van der Waals surface area contributed by atoms with Crippen molar-refractivity contribution in [2.75, 3.05) is 0 Å². The molecule has 1 atom stereocenters. The van der Waals surface area contributed by atoms with E-state index < -0.39 is 5.97 Å². The van der Waals surface area contributed by atoms with E-state index in [1.165, 1.54) is 76.2 Å². The van der Waals surface area contributed by atoms with Gasteiger partial charge in [-0.1, -0.05) is 77.5 Å². The fraction of sp³-hybridized carbons (Fsp3) is 0.576. The first kappa shape index (κ1) is 28.0. The SMILES string of the molecule is CCCCCc1ccc(OC(=O)c2ccc(C3CCC(CC(CC)CCCC)CC3)cc2)c(C#N)c1. The number of carbonyl (C=O) groups excluding carboxylic acids is 1. The fourth-order valence-corrected chi connectivity index (χ4v) is 5.72. The summed E-state index contributed by atoms with van der Waals surface area (Å²) >= 11 is 0. The van der Waals surface area contributed by atoms with Crippen molar-refractivity contribution in [1.29, 1.82) is 5.26 Å². The van der Waals surface area contributed by atoms with E-state index in [-0.39, 0.29) is 0 Å². The molecule has 0 aliphatic heterocycles. The summed E-state index contributed by atoms with van der Waals surface area (Å²) < 4.78 is 5.62. The van der Waals surface area contributed by atoms with E-state index in [0.717, 1.165) is 30.2 Å². The molecule has 3 rings (SSSR count). The Kier molecular flexibility index (Phi) is 11.5. The quantitative estimate of drug-likeness (QED) is 0.161. The zero-order valence-corrected chi connectivity index (χ0v) is 22.7. The van der Waals surface area contributed by atoms with Crippen molar-refractivity contribution in [2.45, 2.75) is 110 Å². The molecule has 0 N–H and O–H groups in total. The van der Waals surface area contributed by atoms with Crippen LogP contribution in [0.25, 0.3) is 0 Å². The summed E-state index contributed by atoms with van der Waals surface area (Å²) in [6.45, 7) is 6.82. The standard InChI is InChI=1S/C33H45NO2/c1-4-7-9-11-26-14-21-32(31(23-26)24-34)36-33(35)30-19-17-29(18-20-30)28-15-12-27(13-16-28)22-25(6-3)10-8-5-2/h14,17-21,23,25,27-28H,4-13,15-16,22H2,1-3H3. The maximum absolute atomic E-state index is 12.8. The Balaban J connectivity index is 1.53. The van der Waals surface area contributed by atoms with Crippen LogP contribution in [0.2, 0.25) is 0 Å². The fourth-order valence-electron chi connectivity index (χ4n) is 5.72. The van der Waals surface area contributed by atoms with Gasteiger partial charge in [0.2, 0.25) is 0 Å². The second-order valence-electron chi connectivity index (χ2n) is 10.8. The van der Waals surface area contributed by atoms with Gasteiger partial charge in [-0.25, -0.2) is 4.79 Å². The van der Waals surface area contributed by atoms with Gasteiger partial charge in [0.25, 0.3) is 0 Å². The second-order valence-corrected chi connectivity index (χ2v) is 10.8. The van der Waals surface area contributed by atoms with Crippen LogP contribution in [-0.2, 0) is 6.42 Å². The van der Waals surface area contributed by atoms with E-state index in [1.807, 2.05) is 24.3 Å². The molecule has 1 aliphatic rings. The third-order valence-corrected chi connectivity index (χ3v) is 8.11. The van der Waals surface area contributed by atoms with E-state index in [9.17, 15) is 10.1 Å². The van der Waals surface area contributed by atoms with Crippen LogP contribution in [-0.4, -0.2) is 5.97 Å². The number of rotatable bonds is 13. The summed E-state index contributed by atoms with van der Waals surface area (Å²) in [5, 5.41) is 9.56. The van der Waals surface area contributed by atoms with E-state index in [1.54, 1.807) is 6.07 Å². The Labute approximate surface area is 219 Å². The van der Waals surface area contributed by atoms with Crippen LogP contribution >= 0.6 is 0 Å². The molecule has 36 heavy (non-hydrogen) atoms. The summed E-state index contributed by atoms with van der Waals surface area (Å²) in [5.74, 6) is 2.30. The topological polar surface area (TPSA) is 50.1 Å². The predicted molar refractivity (Wildman–Crippen MR) is 148 cm³/mol. The van der Waals surface area contributed by atoms with Crippen LogP contribution in [0.1, 0.15) is 131 Å². The summed E-state index contributed by atoms with van der Waals surface area (Å²) in [6.07, 6.45) is 16.3. The van der Waals surface area contributed by atoms with Crippen molar-refractivity contribution in [2.24, 2.45) is 11.8 Å². The molecule has 0 heterocycles. The van der Waals surface area contributed by atoms with Crippen molar-refractivity contribution >= 4 is 5.97 Å². The maximum Gasteiger partial charge on any atom is 0.343 e. The zero-order chi connectivity index (χ0) is 25.8. The lowest BCUT2D eigenvalue weighted by molar-refractivity contribution is 0.0734. The van der Waals surface area contributed by atoms with Crippen molar-refractivity contribution in [3.05, 3.63) is 64.7 Å². The summed E-state index contributed by atoms with van der Waals surface area (Å²) in [6, 6.07) is 15.7. The lowest BCUT2D eigenvalue weighted by atomic mass is 9.75. The third-order valence-electron chi connectivity index (χ3n) is 8.11. The molecule has 1 fully saturated rings. The molecule has 2 aromatic rings. The van der Waals surface area contributed by atoms with Gasteiger partial charge in [0.05, 0.1) is 11.1 Å². The third kappa shape index (κ3) is 8.22. The highest BCUT2D eigenvalue weighted by Gasteiger charge is 2.24. The molecule has 1 unspecified atom stereocenters. The Bertz CT molecular complexity index is 980. The minimum Gasteiger partial charge on any atom is -0.422 e. The Hall–Kier alpha value is -2.60. The van der Waals surface area contributed by atoms with Crippen LogP contribution in [0.3, 0.4) is 0 Å². The number of nitrogens with zero attached hydrogens (tertiary/aromatic N) is 1. The van der Waals surface area contributed by atoms with E-state index in [4.69, 9.17) is 4.74 Å². The number of aryl methyl sites for hydroxylation is 1. The Morgan fingerprint density at radius 1 is 0.972 bits per heavy atom. The number of carbonyl (C=O) groups is 1. The first-order chi connectivity index (χ1) is 17.6. The highest BCUT2D eigenvalue weighted by Crippen LogP contribution is 2.39. The molecule has 0 aromatic heterocycles. The normalized spacial score (nSPS) is 18.4. The van der Waals surface area contributed by atoms with Crippen LogP contribution in [0.4, 0.5) is 0 Å². The highest BCUT2D eigenvalue weighted by molar-refractivity contribution is 5.91. The Morgan fingerprint density at radius 2 is 1.69 bits per heavy atom. The van der Waals surface area contributed by atoms with Gasteiger partial charge in [-0.2, -0.15) is 5.26 Å². The van der Waals surface area contributed by atoms with Crippen LogP contribution in [0.15, 0.2) is 42.5 Å². The number of ether oxygens (including phenoxy) is 1. The maximum atomic E-state index is 12.8. The van der Waals surface area contributed by atoms with E-state index >= 15 is 0 Å². The number of hydrogen-bond acceptors (Lipinski definition) is 3. The molecule has 1 aliphatic carbocycles.